The molecule has 10 heteroatoms. The number of fused-ring (bicyclic) bond motifs is 1. The lowest BCUT2D eigenvalue weighted by molar-refractivity contribution is 0.156. The molecule has 0 radical (unpaired) electrons. The van der Waals surface area contributed by atoms with E-state index in [0.717, 1.165) is 4.52 Å². The third-order valence-corrected chi connectivity index (χ3v) is 3.64. The number of thioether (sulfide) groups is 1. The van der Waals surface area contributed by atoms with Gasteiger partial charge in [0, 0.05) is 18.9 Å². The van der Waals surface area contributed by atoms with E-state index in [1.807, 2.05) is 6.07 Å². The van der Waals surface area contributed by atoms with Gasteiger partial charge in [-0.3, -0.25) is 4.98 Å². The number of hydrogen-bond acceptors (Lipinski definition) is 8. The first-order valence-corrected chi connectivity index (χ1v) is 7.14. The van der Waals surface area contributed by atoms with Gasteiger partial charge in [-0.25, -0.2) is 9.78 Å². The van der Waals surface area contributed by atoms with Gasteiger partial charge in [0.05, 0.1) is 11.9 Å². The number of nitriles is 1. The molecule has 22 heavy (non-hydrogen) atoms. The van der Waals surface area contributed by atoms with Crippen molar-refractivity contribution in [2.24, 2.45) is 0 Å². The van der Waals surface area contributed by atoms with Crippen molar-refractivity contribution in [3.63, 3.8) is 0 Å². The Hall–Kier alpha value is -2.64. The van der Waals surface area contributed by atoms with Crippen LogP contribution in [0.3, 0.4) is 0 Å². The zero-order valence-electron chi connectivity index (χ0n) is 11.4. The first-order chi connectivity index (χ1) is 10.7. The highest BCUT2D eigenvalue weighted by atomic mass is 32.2. The Bertz CT molecular complexity index is 906. The molecule has 0 aliphatic heterocycles. The molecule has 3 aromatic heterocycles. The van der Waals surface area contributed by atoms with Gasteiger partial charge in [0.15, 0.2) is 16.6 Å². The number of aromatic amines is 1. The maximum Gasteiger partial charge on any atom is 0.350 e. The van der Waals surface area contributed by atoms with Gasteiger partial charge in [-0.2, -0.15) is 14.9 Å². The number of nitrogens with one attached hydrogen (secondary N) is 1. The number of rotatable bonds is 5. The molecule has 1 N–H and O–H groups in total. The highest BCUT2D eigenvalue weighted by Crippen LogP contribution is 2.19. The Balaban J connectivity index is 1.81. The number of methoxy groups -OCH3 is 1. The molecule has 0 aliphatic carbocycles. The molecule has 0 fully saturated rings. The Morgan fingerprint density at radius 2 is 2.45 bits per heavy atom. The maximum atomic E-state index is 11.9. The summed E-state index contributed by atoms with van der Waals surface area (Å²) in [6, 6.07) is 3.72. The Morgan fingerprint density at radius 3 is 3.23 bits per heavy atom. The first kappa shape index (κ1) is 14.3. The monoisotopic (exact) mass is 318 g/mol. The van der Waals surface area contributed by atoms with E-state index in [-0.39, 0.29) is 11.2 Å². The largest absolute Gasteiger partial charge is 0.377 e. The first-order valence-electron chi connectivity index (χ1n) is 6.15. The van der Waals surface area contributed by atoms with E-state index in [1.54, 1.807) is 13.2 Å². The molecule has 3 rings (SSSR count). The van der Waals surface area contributed by atoms with Crippen LogP contribution in [0, 0.1) is 11.3 Å². The van der Waals surface area contributed by atoms with Crippen LogP contribution in [-0.2, 0) is 17.1 Å². The van der Waals surface area contributed by atoms with Crippen molar-refractivity contribution in [2.45, 2.75) is 17.5 Å². The molecule has 0 aliphatic rings. The Morgan fingerprint density at radius 1 is 1.59 bits per heavy atom. The van der Waals surface area contributed by atoms with Gasteiger partial charge in [0.25, 0.3) is 0 Å². The van der Waals surface area contributed by atoms with Crippen molar-refractivity contribution in [2.75, 3.05) is 7.11 Å². The molecule has 0 saturated heterocycles. The minimum atomic E-state index is -0.450. The summed E-state index contributed by atoms with van der Waals surface area (Å²) in [4.78, 5) is 18.7. The maximum absolute atomic E-state index is 11.9. The summed E-state index contributed by atoms with van der Waals surface area (Å²) in [6.07, 6.45) is 1.31. The van der Waals surface area contributed by atoms with E-state index in [9.17, 15) is 4.79 Å². The fourth-order valence-electron chi connectivity index (χ4n) is 1.79. The Labute approximate surface area is 127 Å². The molecule has 0 amide bonds. The zero-order chi connectivity index (χ0) is 15.5. The fourth-order valence-corrected chi connectivity index (χ4v) is 2.52. The van der Waals surface area contributed by atoms with E-state index in [2.05, 4.69) is 20.2 Å². The summed E-state index contributed by atoms with van der Waals surface area (Å²) < 4.78 is 11.1. The van der Waals surface area contributed by atoms with E-state index < -0.39 is 5.69 Å². The molecular formula is C12H10N6O3S. The average molecular weight is 318 g/mol. The van der Waals surface area contributed by atoms with Gasteiger partial charge >= 0.3 is 5.69 Å². The zero-order valence-corrected chi connectivity index (χ0v) is 12.3. The van der Waals surface area contributed by atoms with Crippen LogP contribution in [0.15, 0.2) is 26.7 Å². The summed E-state index contributed by atoms with van der Waals surface area (Å²) in [5.74, 6) is 1.08. The predicted octanol–water partition coefficient (Wildman–Crippen LogP) is 0.716. The predicted molar refractivity (Wildman–Crippen MR) is 75.1 cm³/mol. The van der Waals surface area contributed by atoms with Crippen LogP contribution in [0.5, 0.6) is 0 Å². The van der Waals surface area contributed by atoms with Crippen LogP contribution >= 0.6 is 11.8 Å². The van der Waals surface area contributed by atoms with E-state index in [1.165, 1.54) is 18.0 Å². The van der Waals surface area contributed by atoms with Crippen molar-refractivity contribution in [3.05, 3.63) is 39.8 Å². The number of aromatic nitrogens is 5. The Kier molecular flexibility index (Phi) is 3.90. The number of hydrogen-bond donors (Lipinski definition) is 1. The van der Waals surface area contributed by atoms with Gasteiger partial charge < -0.3 is 9.26 Å². The van der Waals surface area contributed by atoms with Crippen LogP contribution in [0.25, 0.3) is 5.65 Å². The van der Waals surface area contributed by atoms with Crippen molar-refractivity contribution < 1.29 is 9.26 Å². The van der Waals surface area contributed by atoms with Gasteiger partial charge in [-0.1, -0.05) is 16.9 Å². The van der Waals surface area contributed by atoms with Crippen molar-refractivity contribution in [1.82, 2.24) is 24.7 Å². The molecule has 112 valence electrons. The summed E-state index contributed by atoms with van der Waals surface area (Å²) in [7, 11) is 1.57. The molecule has 0 bridgehead atoms. The van der Waals surface area contributed by atoms with Crippen LogP contribution in [0.1, 0.15) is 17.0 Å². The quantitative estimate of drug-likeness (QED) is 0.683. The van der Waals surface area contributed by atoms with E-state index in [4.69, 9.17) is 14.5 Å². The van der Waals surface area contributed by atoms with Crippen LogP contribution < -0.4 is 5.69 Å². The van der Waals surface area contributed by atoms with Crippen molar-refractivity contribution in [1.29, 1.82) is 5.26 Å². The van der Waals surface area contributed by atoms with Gasteiger partial charge in [0.2, 0.25) is 0 Å². The minimum absolute atomic E-state index is 0.231. The van der Waals surface area contributed by atoms with Crippen molar-refractivity contribution >= 4 is 17.4 Å². The molecule has 0 aromatic carbocycles. The number of ether oxygens (including phenoxy) is 1. The molecule has 0 spiro atoms. The fraction of sp³-hybridized carbons (Fsp3) is 0.250. The lowest BCUT2D eigenvalue weighted by Crippen LogP contribution is -2.19. The molecule has 0 saturated carbocycles. The van der Waals surface area contributed by atoms with Crippen LogP contribution in [0.4, 0.5) is 0 Å². The molecule has 0 atom stereocenters. The average Bonchev–Trinajstić information content (AvgIpc) is 3.12. The lowest BCUT2D eigenvalue weighted by Gasteiger charge is -1.99. The van der Waals surface area contributed by atoms with Crippen molar-refractivity contribution in [3.8, 4) is 6.07 Å². The normalized spacial score (nSPS) is 10.9. The van der Waals surface area contributed by atoms with Gasteiger partial charge in [-0.15, -0.1) is 0 Å². The second-order valence-electron chi connectivity index (χ2n) is 4.26. The third-order valence-electron chi connectivity index (χ3n) is 2.73. The SMILES string of the molecule is COCc1cc(CSc2nc3c(C#N)cnn3c(=O)[nH]2)no1. The summed E-state index contributed by atoms with van der Waals surface area (Å²) >= 11 is 1.28. The third kappa shape index (κ3) is 2.72. The second-order valence-corrected chi connectivity index (χ2v) is 5.22. The topological polar surface area (TPSA) is 122 Å². The number of nitrogens with zero attached hydrogens (tertiary/aromatic N) is 5. The summed E-state index contributed by atoms with van der Waals surface area (Å²) in [5, 5.41) is 17.1. The highest BCUT2D eigenvalue weighted by molar-refractivity contribution is 7.98. The highest BCUT2D eigenvalue weighted by Gasteiger charge is 2.11. The number of H-pyrrole nitrogens is 1. The smallest absolute Gasteiger partial charge is 0.350 e. The van der Waals surface area contributed by atoms with Gasteiger partial charge in [0.1, 0.15) is 18.2 Å². The van der Waals surface area contributed by atoms with E-state index in [0.29, 0.717) is 29.0 Å². The lowest BCUT2D eigenvalue weighted by atomic mass is 10.4. The molecule has 0 unspecified atom stereocenters. The second kappa shape index (κ2) is 6.00. The summed E-state index contributed by atoms with van der Waals surface area (Å²) in [5.41, 5.74) is 0.730. The van der Waals surface area contributed by atoms with Crippen LogP contribution in [0.2, 0.25) is 0 Å². The molecule has 3 heterocycles. The minimum Gasteiger partial charge on any atom is -0.377 e. The van der Waals surface area contributed by atoms with E-state index >= 15 is 0 Å². The van der Waals surface area contributed by atoms with Crippen LogP contribution in [-0.4, -0.2) is 31.8 Å². The molecular weight excluding hydrogens is 308 g/mol. The molecule has 3 aromatic rings. The summed E-state index contributed by atoms with van der Waals surface area (Å²) in [6.45, 7) is 0.347. The standard InChI is InChI=1S/C12H10N6O3S/c1-20-5-9-2-8(17-21-9)6-22-11-15-10-7(3-13)4-14-18(10)12(19)16-11/h2,4H,5-6H2,1H3,(H,15,16,19). The molecule has 9 nitrogen and oxygen atoms in total. The van der Waals surface area contributed by atoms with Gasteiger partial charge in [-0.05, 0) is 0 Å².